The van der Waals surface area contributed by atoms with Crippen LogP contribution in [0.4, 0.5) is 64.4 Å². The van der Waals surface area contributed by atoms with Gasteiger partial charge < -0.3 is 66.6 Å². The van der Waals surface area contributed by atoms with Crippen molar-refractivity contribution in [3.05, 3.63) is 245 Å². The van der Waals surface area contributed by atoms with E-state index in [9.17, 15) is 28.8 Å². The van der Waals surface area contributed by atoms with Crippen LogP contribution in [-0.4, -0.2) is 210 Å². The molecule has 6 aliphatic heterocycles. The minimum atomic E-state index is -0.784. The summed E-state index contributed by atoms with van der Waals surface area (Å²) >= 11 is 20.8. The average molecular weight is 1920 g/mol. The maximum Gasteiger partial charge on any atom is 0.282 e. The molecule has 29 nitrogen and oxygen atoms in total. The summed E-state index contributed by atoms with van der Waals surface area (Å²) in [5.74, 6) is -2.81. The van der Waals surface area contributed by atoms with Gasteiger partial charge in [0.15, 0.2) is 16.9 Å². The fraction of sp³-hybridized carbons (Fsp3) is 0.343. The number of hydrogen-bond donors (Lipinski definition) is 4. The number of pyridine rings is 9. The number of anilines is 9. The van der Waals surface area contributed by atoms with Gasteiger partial charge in [0.25, 0.3) is 16.7 Å². The van der Waals surface area contributed by atoms with Crippen molar-refractivity contribution in [1.82, 2.24) is 63.2 Å². The van der Waals surface area contributed by atoms with E-state index in [4.69, 9.17) is 71.9 Å². The number of amides is 4. The Morgan fingerprint density at radius 1 is 0.474 bits per heavy atom. The lowest BCUT2D eigenvalue weighted by Crippen LogP contribution is -2.64. The van der Waals surface area contributed by atoms with Gasteiger partial charge in [-0.25, -0.2) is 28.1 Å². The molecule has 3 aromatic carbocycles. The van der Waals surface area contributed by atoms with Crippen molar-refractivity contribution >= 4 is 143 Å². The Morgan fingerprint density at radius 2 is 0.825 bits per heavy atom. The highest BCUT2D eigenvalue weighted by Crippen LogP contribution is 2.50. The molecule has 6 unspecified atom stereocenters. The quantitative estimate of drug-likeness (QED) is 0.0516. The number of nitrogens with zero attached hydrogens (tertiary/aromatic N) is 18. The predicted octanol–water partition coefficient (Wildman–Crippen LogP) is 15.7. The highest BCUT2D eigenvalue weighted by molar-refractivity contribution is 6.35. The molecular formula is C102H110Cl3F3N22O7. The zero-order valence-corrected chi connectivity index (χ0v) is 81.4. The van der Waals surface area contributed by atoms with Gasteiger partial charge in [-0.1, -0.05) is 114 Å². The second-order valence-corrected chi connectivity index (χ2v) is 38.4. The van der Waals surface area contributed by atoms with Gasteiger partial charge in [-0.3, -0.25) is 62.2 Å². The maximum absolute atomic E-state index is 15.4. The number of aromatic nitrogens is 9. The second kappa shape index (κ2) is 38.1. The number of nitrogens with one attached hydrogen (secondary N) is 1. The Balaban J connectivity index is 0.000000149. The van der Waals surface area contributed by atoms with Crippen LogP contribution in [0.1, 0.15) is 120 Å². The first kappa shape index (κ1) is 96.4. The lowest BCUT2D eigenvalue weighted by Gasteiger charge is -2.52. The van der Waals surface area contributed by atoms with Crippen molar-refractivity contribution in [1.29, 1.82) is 0 Å². The number of nitrogen functional groups attached to an aromatic ring is 3. The maximum atomic E-state index is 15.4. The summed E-state index contributed by atoms with van der Waals surface area (Å²) in [4.78, 5) is 143. The third kappa shape index (κ3) is 17.0. The number of piperazine rings is 3. The number of rotatable bonds is 16. The number of likely N-dealkylation sites (N-methyl/N-ethyl adjacent to an activating group) is 1. The smallest absolute Gasteiger partial charge is 0.282 e. The number of aryl methyl sites for hydroxylation is 3. The Labute approximate surface area is 806 Å². The van der Waals surface area contributed by atoms with Gasteiger partial charge in [0.05, 0.1) is 119 Å². The van der Waals surface area contributed by atoms with Crippen LogP contribution in [0.15, 0.2) is 162 Å². The largest absolute Gasteiger partial charge is 0.398 e. The molecule has 6 aliphatic rings. The van der Waals surface area contributed by atoms with Gasteiger partial charge in [-0.05, 0) is 194 Å². The zero-order chi connectivity index (χ0) is 98.5. The van der Waals surface area contributed by atoms with Crippen LogP contribution < -0.4 is 63.7 Å². The molecule has 3 saturated heterocycles. The van der Waals surface area contributed by atoms with Crippen LogP contribution in [0.5, 0.6) is 0 Å². The summed E-state index contributed by atoms with van der Waals surface area (Å²) in [6.07, 6.45) is 9.88. The molecule has 4 amide bonds. The van der Waals surface area contributed by atoms with Crippen LogP contribution in [0.25, 0.3) is 83.9 Å². The van der Waals surface area contributed by atoms with Crippen molar-refractivity contribution in [3.63, 3.8) is 0 Å². The van der Waals surface area contributed by atoms with Gasteiger partial charge in [-0.15, -0.1) is 0 Å². The molecule has 0 aliphatic carbocycles. The molecule has 0 radical (unpaired) electrons. The monoisotopic (exact) mass is 1920 g/mol. The number of halogens is 6. The third-order valence-corrected chi connectivity index (χ3v) is 27.5. The van der Waals surface area contributed by atoms with Crippen LogP contribution >= 0.6 is 34.8 Å². The van der Waals surface area contributed by atoms with E-state index in [1.807, 2.05) is 136 Å². The molecule has 15 heterocycles. The van der Waals surface area contributed by atoms with E-state index >= 15 is 18.0 Å². The Hall–Kier alpha value is -13.7. The SMILES string of the molecule is C=CC(=O)N1CC2C(=O)Nc3c(c4cc(Cl)c(-c5c(N)cccc5F)nc4n(-c4c(C)ccnc4C(C)C)c3=O)N2CC1C.C=CC(=O)N1CC2CN(C)c3c(c4cc(Cl)c(-c5c(N)cccc5F)nc4n(-c4c(C)ccnc4C(C)C)c3=O)N2CC1C.C=CC(=O)N1CC2CN(CCCN(C)C)c3c(c4cc(Cl)c(-c5c(N)cccc5F)nc4n(-c4c(C)ccnc4C(C)C)c3=O)N2CC1C. The van der Waals surface area contributed by atoms with Crippen molar-refractivity contribution < 1.29 is 32.3 Å². The van der Waals surface area contributed by atoms with E-state index in [0.717, 1.165) is 41.0 Å². The average Bonchev–Trinajstić information content (AvgIpc) is 0.690. The van der Waals surface area contributed by atoms with E-state index < -0.39 is 35.0 Å². The molecule has 12 aromatic rings. The molecule has 137 heavy (non-hydrogen) atoms. The molecule has 0 saturated carbocycles. The molecule has 18 rings (SSSR count). The lowest BCUT2D eigenvalue weighted by atomic mass is 9.98. The number of fused-ring (bicyclic) bond motifs is 15. The molecule has 0 bridgehead atoms. The van der Waals surface area contributed by atoms with Crippen molar-refractivity contribution in [3.8, 4) is 50.8 Å². The third-order valence-electron chi connectivity index (χ3n) is 26.7. The molecular weight excluding hydrogens is 1810 g/mol. The number of carbonyl (C=O) groups is 4. The minimum Gasteiger partial charge on any atom is -0.398 e. The highest BCUT2D eigenvalue weighted by Gasteiger charge is 2.48. The Bertz CT molecular complexity index is 7150. The fourth-order valence-corrected chi connectivity index (χ4v) is 20.9. The fourth-order valence-electron chi connectivity index (χ4n) is 20.2. The molecule has 7 N–H and O–H groups in total. The first-order valence-electron chi connectivity index (χ1n) is 45.6. The molecule has 3 fully saturated rings. The molecule has 9 aromatic heterocycles. The van der Waals surface area contributed by atoms with Crippen LogP contribution in [0, 0.1) is 38.2 Å². The standard InChI is InChI=1S/C37H44ClFN8O2.C33H35ClFN7O2.C32H31ClFN7O3/c1-8-29(48)45-20-24-19-44(16-10-15-43(6)7)35-34(46(24)18-23(45)5)25-17-26(38)32(30-27(39)11-9-12-28(30)40)42-36(25)47(37(35)49)33-22(4)13-14-41-31(33)21(2)3;1-7-25(43)40-16-20-15-39(6)31-30(41(20)14-19(40)5)21-13-22(34)28(26-23(35)9-8-10-24(26)36)38-32(21)42(33(31)44)29-18(4)11-12-37-27(29)17(2)3;1-6-23(42)39-14-22-31(43)38-27-29(40(22)13-17(39)5)18-12-19(33)26(24-20(34)8-7-9-21(24)35)37-30(18)41(32(27)44)28-16(4)10-11-36-25(28)15(2)3/h8-9,11-14,17,21,23-24H,1,10,15-16,18-20,40H2,2-7H3;7-13,17,19-20H,1,14-16,36H2,2-6H3;6-12,15,17,22H,1,13-14,35H2,2-5H3,(H,38,43). The summed E-state index contributed by atoms with van der Waals surface area (Å²) < 4.78 is 50.6. The number of benzene rings is 3. The van der Waals surface area contributed by atoms with Crippen molar-refractivity contribution in [2.75, 3.05) is 134 Å². The first-order chi connectivity index (χ1) is 65.2. The van der Waals surface area contributed by atoms with Crippen LogP contribution in [0.3, 0.4) is 0 Å². The van der Waals surface area contributed by atoms with Crippen molar-refractivity contribution in [2.45, 2.75) is 144 Å². The second-order valence-electron chi connectivity index (χ2n) is 37.2. The van der Waals surface area contributed by atoms with E-state index in [-0.39, 0.29) is 167 Å². The van der Waals surface area contributed by atoms with Gasteiger partial charge in [0, 0.05) is 129 Å². The summed E-state index contributed by atoms with van der Waals surface area (Å²) in [6.45, 7) is 39.4. The summed E-state index contributed by atoms with van der Waals surface area (Å²) in [5, 5.41) is 5.08. The van der Waals surface area contributed by atoms with E-state index in [0.29, 0.717) is 124 Å². The molecule has 6 atom stereocenters. The van der Waals surface area contributed by atoms with Crippen molar-refractivity contribution in [2.24, 2.45) is 0 Å². The molecule has 35 heteroatoms. The summed E-state index contributed by atoms with van der Waals surface area (Å²) in [7, 11) is 5.94. The summed E-state index contributed by atoms with van der Waals surface area (Å²) in [6, 6.07) is 22.3. The summed E-state index contributed by atoms with van der Waals surface area (Å²) in [5.41, 5.74) is 28.9. The highest BCUT2D eigenvalue weighted by atomic mass is 35.5. The van der Waals surface area contributed by atoms with Gasteiger partial charge in [-0.2, -0.15) is 0 Å². The van der Waals surface area contributed by atoms with Gasteiger partial charge >= 0.3 is 0 Å². The zero-order valence-electron chi connectivity index (χ0n) is 79.1. The van der Waals surface area contributed by atoms with Gasteiger partial charge in [0.1, 0.15) is 40.6 Å². The number of carbonyl (C=O) groups excluding carboxylic acids is 4. The van der Waals surface area contributed by atoms with Crippen LogP contribution in [-0.2, 0) is 19.2 Å². The number of hydrogen-bond acceptors (Lipinski definition) is 22. The molecule has 0 spiro atoms. The van der Waals surface area contributed by atoms with E-state index in [1.165, 1.54) is 59.2 Å². The predicted molar refractivity (Wildman–Crippen MR) is 541 cm³/mol. The minimum absolute atomic E-state index is 0.00435. The lowest BCUT2D eigenvalue weighted by molar-refractivity contribution is -0.131. The first-order valence-corrected chi connectivity index (χ1v) is 46.7. The van der Waals surface area contributed by atoms with Gasteiger partial charge in [0.2, 0.25) is 23.6 Å². The number of nitrogens with two attached hydrogens (primary N) is 3. The normalized spacial score (nSPS) is 17.8. The Kier molecular flexibility index (Phi) is 26.8. The van der Waals surface area contributed by atoms with E-state index in [2.05, 4.69) is 54.6 Å². The molecule has 712 valence electrons. The van der Waals surface area contributed by atoms with Crippen LogP contribution in [0.2, 0.25) is 15.1 Å². The van der Waals surface area contributed by atoms with E-state index in [1.54, 1.807) is 75.1 Å². The Morgan fingerprint density at radius 3 is 1.20 bits per heavy atom. The topological polar surface area (TPSA) is 331 Å².